The molecular weight excluding hydrogens is 648 g/mol. The number of aromatic nitrogens is 8. The summed E-state index contributed by atoms with van der Waals surface area (Å²) in [5.74, 6) is 3.43. The van der Waals surface area contributed by atoms with Crippen LogP contribution < -0.4 is 30.7 Å². The van der Waals surface area contributed by atoms with Crippen molar-refractivity contribution in [2.24, 2.45) is 0 Å². The zero-order chi connectivity index (χ0) is 34.1. The second-order valence-electron chi connectivity index (χ2n) is 12.5. The molecular formula is C36H46N12O3. The summed E-state index contributed by atoms with van der Waals surface area (Å²) < 4.78 is 14.7. The Morgan fingerprint density at radius 2 is 1.02 bits per heavy atom. The predicted molar refractivity (Wildman–Crippen MR) is 197 cm³/mol. The highest BCUT2D eigenvalue weighted by molar-refractivity contribution is 5.74. The van der Waals surface area contributed by atoms with Crippen LogP contribution in [0.5, 0.6) is 11.5 Å². The number of ether oxygens (including phenoxy) is 2. The van der Waals surface area contributed by atoms with E-state index >= 15 is 0 Å². The van der Waals surface area contributed by atoms with Gasteiger partial charge in [-0.2, -0.15) is 0 Å². The van der Waals surface area contributed by atoms with Crippen molar-refractivity contribution in [1.82, 2.24) is 49.7 Å². The molecule has 2 aromatic carbocycles. The SMILES string of the molecule is COc1ccc(Cn2c(NC3CCNCC3)nc3cncnc32)cc1.COc1ccc(Cn2c(NC3CCNCC3)nc3cncnc32)cc1.O. The predicted octanol–water partition coefficient (Wildman–Crippen LogP) is 3.27. The average molecular weight is 695 g/mol. The number of fused-ring (bicyclic) bond motifs is 2. The van der Waals surface area contributed by atoms with E-state index in [-0.39, 0.29) is 5.48 Å². The van der Waals surface area contributed by atoms with Crippen LogP contribution in [0.1, 0.15) is 36.8 Å². The third kappa shape index (κ3) is 8.68. The van der Waals surface area contributed by atoms with Crippen LogP contribution in [-0.2, 0) is 13.1 Å². The van der Waals surface area contributed by atoms with Crippen LogP contribution >= 0.6 is 0 Å². The maximum Gasteiger partial charge on any atom is 0.205 e. The van der Waals surface area contributed by atoms with Gasteiger partial charge in [0.15, 0.2) is 11.3 Å². The van der Waals surface area contributed by atoms with Crippen LogP contribution in [0.3, 0.4) is 0 Å². The summed E-state index contributed by atoms with van der Waals surface area (Å²) in [6, 6.07) is 17.0. The van der Waals surface area contributed by atoms with E-state index in [1.54, 1.807) is 39.3 Å². The summed E-state index contributed by atoms with van der Waals surface area (Å²) in [7, 11) is 3.35. The quantitative estimate of drug-likeness (QED) is 0.164. The molecule has 0 amide bonds. The highest BCUT2D eigenvalue weighted by atomic mass is 16.5. The molecule has 0 bridgehead atoms. The van der Waals surface area contributed by atoms with Gasteiger partial charge in [-0.1, -0.05) is 24.3 Å². The summed E-state index contributed by atoms with van der Waals surface area (Å²) in [4.78, 5) is 26.5. The topological polar surface area (TPSA) is 185 Å². The monoisotopic (exact) mass is 694 g/mol. The molecule has 268 valence electrons. The molecule has 0 radical (unpaired) electrons. The standard InChI is InChI=1S/2C18H22N6O.H2O/c2*1-25-15-4-2-13(3-5-15)11-24-17-16(10-20-12-21-17)23-18(24)22-14-6-8-19-9-7-14;/h2*2-5,10,12,14,19H,6-9,11H2,1H3,(H,22,23);1H2. The number of benzene rings is 2. The second-order valence-corrected chi connectivity index (χ2v) is 12.5. The smallest absolute Gasteiger partial charge is 0.205 e. The van der Waals surface area contributed by atoms with Crippen molar-refractivity contribution < 1.29 is 14.9 Å². The van der Waals surface area contributed by atoms with E-state index in [0.29, 0.717) is 25.2 Å². The van der Waals surface area contributed by atoms with Crippen molar-refractivity contribution in [3.63, 3.8) is 0 Å². The van der Waals surface area contributed by atoms with Gasteiger partial charge in [0.1, 0.15) is 35.2 Å². The average Bonchev–Trinajstić information content (AvgIpc) is 3.69. The fourth-order valence-electron chi connectivity index (χ4n) is 6.40. The molecule has 0 saturated carbocycles. The van der Waals surface area contributed by atoms with Crippen molar-refractivity contribution in [2.45, 2.75) is 50.9 Å². The summed E-state index contributed by atoms with van der Waals surface area (Å²) in [5, 5.41) is 14.0. The summed E-state index contributed by atoms with van der Waals surface area (Å²) >= 11 is 0. The first-order valence-electron chi connectivity index (χ1n) is 17.2. The zero-order valence-electron chi connectivity index (χ0n) is 29.0. The molecule has 51 heavy (non-hydrogen) atoms. The lowest BCUT2D eigenvalue weighted by Gasteiger charge is -2.24. The van der Waals surface area contributed by atoms with Gasteiger partial charge in [0, 0.05) is 12.1 Å². The van der Waals surface area contributed by atoms with Gasteiger partial charge in [-0.25, -0.2) is 29.9 Å². The molecule has 6 aromatic rings. The van der Waals surface area contributed by atoms with Crippen LogP contribution in [0.25, 0.3) is 22.3 Å². The number of rotatable bonds is 10. The molecule has 8 rings (SSSR count). The zero-order valence-corrected chi connectivity index (χ0v) is 29.0. The number of hydrogen-bond acceptors (Lipinski definition) is 12. The van der Waals surface area contributed by atoms with E-state index in [1.165, 1.54) is 11.1 Å². The van der Waals surface area contributed by atoms with Gasteiger partial charge in [-0.05, 0) is 87.3 Å². The third-order valence-electron chi connectivity index (χ3n) is 9.16. The number of methoxy groups -OCH3 is 2. The molecule has 2 fully saturated rings. The van der Waals surface area contributed by atoms with Crippen LogP contribution in [0.4, 0.5) is 11.9 Å². The Morgan fingerprint density at radius 1 is 0.627 bits per heavy atom. The first-order valence-corrected chi connectivity index (χ1v) is 17.2. The minimum atomic E-state index is 0. The maximum absolute atomic E-state index is 5.24. The van der Waals surface area contributed by atoms with E-state index in [9.17, 15) is 0 Å². The van der Waals surface area contributed by atoms with Gasteiger partial charge in [0.25, 0.3) is 0 Å². The van der Waals surface area contributed by atoms with Gasteiger partial charge in [-0.3, -0.25) is 9.13 Å². The first-order chi connectivity index (χ1) is 24.7. The highest BCUT2D eigenvalue weighted by Gasteiger charge is 2.20. The molecule has 0 atom stereocenters. The molecule has 0 aliphatic carbocycles. The van der Waals surface area contributed by atoms with Crippen molar-refractivity contribution >= 4 is 34.2 Å². The van der Waals surface area contributed by atoms with E-state index in [4.69, 9.17) is 19.4 Å². The molecule has 2 aliphatic heterocycles. The van der Waals surface area contributed by atoms with Gasteiger partial charge in [-0.15, -0.1) is 0 Å². The molecule has 6 N–H and O–H groups in total. The third-order valence-corrected chi connectivity index (χ3v) is 9.16. The lowest BCUT2D eigenvalue weighted by Crippen LogP contribution is -2.36. The number of nitrogens with one attached hydrogen (secondary N) is 4. The van der Waals surface area contributed by atoms with Gasteiger partial charge in [0.2, 0.25) is 11.9 Å². The summed E-state index contributed by atoms with van der Waals surface area (Å²) in [5.41, 5.74) is 5.67. The lowest BCUT2D eigenvalue weighted by molar-refractivity contribution is 0.414. The van der Waals surface area contributed by atoms with Crippen molar-refractivity contribution in [1.29, 1.82) is 0 Å². The number of nitrogens with zero attached hydrogens (tertiary/aromatic N) is 8. The molecule has 15 heteroatoms. The minimum Gasteiger partial charge on any atom is -0.497 e. The van der Waals surface area contributed by atoms with Crippen LogP contribution in [0.2, 0.25) is 0 Å². The van der Waals surface area contributed by atoms with E-state index in [1.807, 2.05) is 24.3 Å². The Kier molecular flexibility index (Phi) is 11.8. The van der Waals surface area contributed by atoms with E-state index in [2.05, 4.69) is 74.6 Å². The lowest BCUT2D eigenvalue weighted by atomic mass is 10.1. The van der Waals surface area contributed by atoms with Crippen molar-refractivity contribution in [3.05, 3.63) is 84.7 Å². The summed E-state index contributed by atoms with van der Waals surface area (Å²) in [6.07, 6.45) is 11.1. The molecule has 0 unspecified atom stereocenters. The second kappa shape index (κ2) is 17.0. The molecule has 0 spiro atoms. The Morgan fingerprint density at radius 3 is 1.39 bits per heavy atom. The molecule has 2 saturated heterocycles. The Hall–Kier alpha value is -5.38. The maximum atomic E-state index is 5.24. The van der Waals surface area contributed by atoms with Gasteiger partial charge < -0.3 is 36.2 Å². The molecule has 2 aliphatic rings. The van der Waals surface area contributed by atoms with Crippen LogP contribution in [0, 0.1) is 0 Å². The van der Waals surface area contributed by atoms with Crippen molar-refractivity contribution in [3.8, 4) is 11.5 Å². The molecule has 6 heterocycles. The molecule has 15 nitrogen and oxygen atoms in total. The minimum absolute atomic E-state index is 0. The number of piperidine rings is 2. The normalized spacial score (nSPS) is 15.1. The van der Waals surface area contributed by atoms with Crippen molar-refractivity contribution in [2.75, 3.05) is 51.0 Å². The van der Waals surface area contributed by atoms with Crippen LogP contribution in [0.15, 0.2) is 73.6 Å². The van der Waals surface area contributed by atoms with Crippen LogP contribution in [-0.4, -0.2) is 97.0 Å². The Balaban J connectivity index is 0.000000172. The fraction of sp³-hybridized carbons (Fsp3) is 0.389. The van der Waals surface area contributed by atoms with Gasteiger partial charge >= 0.3 is 0 Å². The van der Waals surface area contributed by atoms with E-state index < -0.39 is 0 Å². The number of anilines is 2. The highest BCUT2D eigenvalue weighted by Crippen LogP contribution is 2.24. The van der Waals surface area contributed by atoms with Gasteiger partial charge in [0.05, 0.1) is 39.7 Å². The number of hydrogen-bond donors (Lipinski definition) is 4. The van der Waals surface area contributed by atoms with E-state index in [0.717, 1.165) is 97.6 Å². The molecule has 4 aromatic heterocycles. The Labute approximate surface area is 296 Å². The fourth-order valence-corrected chi connectivity index (χ4v) is 6.40. The largest absolute Gasteiger partial charge is 0.497 e. The first kappa shape index (κ1) is 35.4. The Bertz CT molecular complexity index is 1820. The number of imidazole rings is 2. The summed E-state index contributed by atoms with van der Waals surface area (Å²) in [6.45, 7) is 5.55.